The van der Waals surface area contributed by atoms with Crippen LogP contribution in [0.25, 0.3) is 16.9 Å². The standard InChI is InChI=1S/C24H22F3N5O3/c1-31(2)16-8-6-15(7-9-16)29-23(33)17-13-28-32-21(24(25,26)27)12-18(30-22(17)32)14-5-10-19(34-3)20(11-14)35-4/h5-13H,1-4H3,(H,29,33). The number of methoxy groups -OCH3 is 2. The van der Waals surface area contributed by atoms with Crippen LogP contribution in [-0.2, 0) is 6.18 Å². The van der Waals surface area contributed by atoms with E-state index in [4.69, 9.17) is 9.47 Å². The van der Waals surface area contributed by atoms with Gasteiger partial charge < -0.3 is 19.7 Å². The molecule has 0 radical (unpaired) electrons. The Morgan fingerprint density at radius 2 is 1.69 bits per heavy atom. The molecule has 11 heteroatoms. The van der Waals surface area contributed by atoms with Crippen LogP contribution in [0.1, 0.15) is 16.1 Å². The van der Waals surface area contributed by atoms with E-state index in [0.717, 1.165) is 18.0 Å². The number of carbonyl (C=O) groups excluding carboxylic acids is 1. The van der Waals surface area contributed by atoms with E-state index in [0.29, 0.717) is 27.3 Å². The number of nitrogens with one attached hydrogen (secondary N) is 1. The number of ether oxygens (including phenoxy) is 2. The summed E-state index contributed by atoms with van der Waals surface area (Å²) in [6, 6.07) is 12.5. The van der Waals surface area contributed by atoms with Gasteiger partial charge in [-0.05, 0) is 48.5 Å². The van der Waals surface area contributed by atoms with Crippen LogP contribution < -0.4 is 19.7 Å². The van der Waals surface area contributed by atoms with E-state index >= 15 is 0 Å². The number of rotatable bonds is 6. The van der Waals surface area contributed by atoms with Crippen LogP contribution >= 0.6 is 0 Å². The number of hydrogen-bond acceptors (Lipinski definition) is 6. The summed E-state index contributed by atoms with van der Waals surface area (Å²) in [6.45, 7) is 0. The lowest BCUT2D eigenvalue weighted by molar-refractivity contribution is -0.142. The molecule has 0 unspecified atom stereocenters. The van der Waals surface area contributed by atoms with Crippen molar-refractivity contribution in [1.82, 2.24) is 14.6 Å². The monoisotopic (exact) mass is 485 g/mol. The summed E-state index contributed by atoms with van der Waals surface area (Å²) < 4.78 is 52.8. The number of aromatic nitrogens is 3. The second-order valence-corrected chi connectivity index (χ2v) is 7.78. The van der Waals surface area contributed by atoms with Crippen molar-refractivity contribution >= 4 is 22.9 Å². The minimum Gasteiger partial charge on any atom is -0.493 e. The number of fused-ring (bicyclic) bond motifs is 1. The fraction of sp³-hybridized carbons (Fsp3) is 0.208. The normalized spacial score (nSPS) is 11.4. The molecule has 4 rings (SSSR count). The van der Waals surface area contributed by atoms with Gasteiger partial charge in [-0.1, -0.05) is 0 Å². The first-order chi connectivity index (χ1) is 16.6. The summed E-state index contributed by atoms with van der Waals surface area (Å²) in [5.74, 6) is 0.105. The zero-order valence-electron chi connectivity index (χ0n) is 19.3. The molecule has 0 spiro atoms. The largest absolute Gasteiger partial charge is 0.493 e. The highest BCUT2D eigenvalue weighted by Gasteiger charge is 2.36. The fourth-order valence-corrected chi connectivity index (χ4v) is 3.51. The lowest BCUT2D eigenvalue weighted by Crippen LogP contribution is -2.16. The Morgan fingerprint density at radius 3 is 2.29 bits per heavy atom. The van der Waals surface area contributed by atoms with Gasteiger partial charge in [0.05, 0.1) is 26.1 Å². The Bertz CT molecular complexity index is 1380. The quantitative estimate of drug-likeness (QED) is 0.425. The number of anilines is 2. The molecule has 35 heavy (non-hydrogen) atoms. The van der Waals surface area contributed by atoms with E-state index in [9.17, 15) is 18.0 Å². The van der Waals surface area contributed by atoms with Crippen molar-refractivity contribution in [1.29, 1.82) is 0 Å². The van der Waals surface area contributed by atoms with Crippen LogP contribution in [0, 0.1) is 0 Å². The Kier molecular flexibility index (Phi) is 6.25. The fourth-order valence-electron chi connectivity index (χ4n) is 3.51. The van der Waals surface area contributed by atoms with E-state index in [2.05, 4.69) is 15.4 Å². The number of nitrogens with zero attached hydrogens (tertiary/aromatic N) is 4. The predicted molar refractivity (Wildman–Crippen MR) is 125 cm³/mol. The minimum absolute atomic E-state index is 0.00401. The van der Waals surface area contributed by atoms with Gasteiger partial charge in [0.15, 0.2) is 22.8 Å². The zero-order valence-corrected chi connectivity index (χ0v) is 19.3. The molecule has 1 N–H and O–H groups in total. The van der Waals surface area contributed by atoms with Gasteiger partial charge in [-0.15, -0.1) is 0 Å². The Morgan fingerprint density at radius 1 is 1.00 bits per heavy atom. The third kappa shape index (κ3) is 4.70. The zero-order chi connectivity index (χ0) is 25.3. The first-order valence-corrected chi connectivity index (χ1v) is 10.4. The van der Waals surface area contributed by atoms with E-state index in [1.54, 1.807) is 36.4 Å². The molecule has 0 bridgehead atoms. The average molecular weight is 485 g/mol. The van der Waals surface area contributed by atoms with E-state index < -0.39 is 17.8 Å². The van der Waals surface area contributed by atoms with Crippen LogP contribution in [0.5, 0.6) is 11.5 Å². The van der Waals surface area contributed by atoms with Gasteiger partial charge in [0, 0.05) is 31.0 Å². The molecule has 0 aliphatic heterocycles. The van der Waals surface area contributed by atoms with Gasteiger partial charge in [-0.25, -0.2) is 9.50 Å². The Hall–Kier alpha value is -4.28. The summed E-state index contributed by atoms with van der Waals surface area (Å²) >= 11 is 0. The number of halogens is 3. The molecule has 1 amide bonds. The highest BCUT2D eigenvalue weighted by Crippen LogP contribution is 2.36. The lowest BCUT2D eigenvalue weighted by atomic mass is 10.1. The van der Waals surface area contributed by atoms with Crippen molar-refractivity contribution in [2.45, 2.75) is 6.18 Å². The molecule has 2 aromatic heterocycles. The predicted octanol–water partition coefficient (Wildman–Crippen LogP) is 4.75. The highest BCUT2D eigenvalue weighted by atomic mass is 19.4. The van der Waals surface area contributed by atoms with Gasteiger partial charge in [0.25, 0.3) is 5.91 Å². The Balaban J connectivity index is 1.79. The molecule has 0 saturated carbocycles. The van der Waals surface area contributed by atoms with Gasteiger partial charge in [-0.2, -0.15) is 18.3 Å². The maximum absolute atomic E-state index is 13.9. The number of alkyl halides is 3. The van der Waals surface area contributed by atoms with Gasteiger partial charge >= 0.3 is 6.18 Å². The van der Waals surface area contributed by atoms with E-state index in [-0.39, 0.29) is 16.9 Å². The molecule has 182 valence electrons. The first-order valence-electron chi connectivity index (χ1n) is 10.4. The molecular formula is C24H22F3N5O3. The van der Waals surface area contributed by atoms with E-state index in [1.807, 2.05) is 19.0 Å². The second-order valence-electron chi connectivity index (χ2n) is 7.78. The summed E-state index contributed by atoms with van der Waals surface area (Å²) in [7, 11) is 6.64. The van der Waals surface area contributed by atoms with Crippen LogP contribution in [-0.4, -0.2) is 48.8 Å². The molecule has 0 aliphatic carbocycles. The smallest absolute Gasteiger partial charge is 0.433 e. The molecule has 0 saturated heterocycles. The molecule has 0 fully saturated rings. The summed E-state index contributed by atoms with van der Waals surface area (Å²) in [6.07, 6.45) is -3.67. The molecule has 8 nitrogen and oxygen atoms in total. The molecule has 2 aromatic carbocycles. The third-order valence-electron chi connectivity index (χ3n) is 5.33. The van der Waals surface area contributed by atoms with Gasteiger partial charge in [-0.3, -0.25) is 4.79 Å². The van der Waals surface area contributed by atoms with Crippen molar-refractivity contribution in [3.63, 3.8) is 0 Å². The van der Waals surface area contributed by atoms with E-state index in [1.165, 1.54) is 20.3 Å². The highest BCUT2D eigenvalue weighted by molar-refractivity contribution is 6.08. The molecule has 2 heterocycles. The summed E-state index contributed by atoms with van der Waals surface area (Å²) in [5, 5.41) is 6.49. The summed E-state index contributed by atoms with van der Waals surface area (Å²) in [4.78, 5) is 19.2. The number of carbonyl (C=O) groups is 1. The number of amides is 1. The number of hydrogen-bond donors (Lipinski definition) is 1. The topological polar surface area (TPSA) is 81.0 Å². The molecular weight excluding hydrogens is 463 g/mol. The summed E-state index contributed by atoms with van der Waals surface area (Å²) in [5.41, 5.74) is 0.350. The van der Waals surface area contributed by atoms with Crippen LogP contribution in [0.15, 0.2) is 54.7 Å². The number of benzene rings is 2. The second kappa shape index (κ2) is 9.16. The van der Waals surface area contributed by atoms with Crippen molar-refractivity contribution < 1.29 is 27.4 Å². The maximum atomic E-state index is 13.9. The van der Waals surface area contributed by atoms with Crippen molar-refractivity contribution in [3.05, 3.63) is 66.0 Å². The van der Waals surface area contributed by atoms with Crippen LogP contribution in [0.3, 0.4) is 0 Å². The van der Waals surface area contributed by atoms with Crippen LogP contribution in [0.4, 0.5) is 24.5 Å². The first kappa shape index (κ1) is 23.9. The van der Waals surface area contributed by atoms with Crippen molar-refractivity contribution in [2.75, 3.05) is 38.5 Å². The Labute approximate surface area is 198 Å². The van der Waals surface area contributed by atoms with Crippen LogP contribution in [0.2, 0.25) is 0 Å². The third-order valence-corrected chi connectivity index (χ3v) is 5.33. The SMILES string of the molecule is COc1ccc(-c2cc(C(F)(F)F)n3ncc(C(=O)Nc4ccc(N(C)C)cc4)c3n2)cc1OC. The molecule has 0 atom stereocenters. The van der Waals surface area contributed by atoms with Crippen molar-refractivity contribution in [2.24, 2.45) is 0 Å². The van der Waals surface area contributed by atoms with Gasteiger partial charge in [0.2, 0.25) is 0 Å². The molecule has 0 aliphatic rings. The average Bonchev–Trinajstić information content (AvgIpc) is 3.26. The van der Waals surface area contributed by atoms with Crippen molar-refractivity contribution in [3.8, 4) is 22.8 Å². The lowest BCUT2D eigenvalue weighted by Gasteiger charge is -2.14. The van der Waals surface area contributed by atoms with Gasteiger partial charge in [0.1, 0.15) is 5.56 Å². The molecule has 4 aromatic rings. The minimum atomic E-state index is -4.74. The maximum Gasteiger partial charge on any atom is 0.433 e.